The van der Waals surface area contributed by atoms with Crippen molar-refractivity contribution in [3.63, 3.8) is 0 Å². The van der Waals surface area contributed by atoms with Crippen LogP contribution in [0, 0.1) is 11.7 Å². The van der Waals surface area contributed by atoms with Gasteiger partial charge in [0.2, 0.25) is 11.8 Å². The number of carbonyl (C=O) groups is 2. The number of halogens is 2. The number of piperidine rings is 1. The highest BCUT2D eigenvalue weighted by molar-refractivity contribution is 6.31. The summed E-state index contributed by atoms with van der Waals surface area (Å²) < 4.78 is 14.1. The first-order valence-electron chi connectivity index (χ1n) is 11.8. The molecular weight excluding hydrogens is 441 g/mol. The Labute approximate surface area is 200 Å². The molecule has 2 saturated heterocycles. The van der Waals surface area contributed by atoms with Crippen molar-refractivity contribution in [2.45, 2.75) is 32.2 Å². The molecule has 0 aliphatic carbocycles. The molecule has 0 radical (unpaired) electrons. The number of rotatable bonds is 6. The Balaban J connectivity index is 1.20. The lowest BCUT2D eigenvalue weighted by molar-refractivity contribution is -0.142. The van der Waals surface area contributed by atoms with Gasteiger partial charge in [0, 0.05) is 68.7 Å². The summed E-state index contributed by atoms with van der Waals surface area (Å²) >= 11 is 6.16. The standard InChI is InChI=1S/C26H31ClFN3O2/c27-23-7-4-8-24(28)22(23)19-29-15-17-31(18-16-29)26(33)21-11-13-30(14-12-21)25(32)10-9-20-5-2-1-3-6-20/h1-8,21H,9-19H2. The number of carbonyl (C=O) groups excluding carboxylic acids is 2. The van der Waals surface area contributed by atoms with Crippen LogP contribution in [0.1, 0.15) is 30.4 Å². The average molecular weight is 472 g/mol. The summed E-state index contributed by atoms with van der Waals surface area (Å²) in [7, 11) is 0. The Bertz CT molecular complexity index is 935. The normalized spacial score (nSPS) is 17.9. The van der Waals surface area contributed by atoms with Gasteiger partial charge in [-0.3, -0.25) is 14.5 Å². The van der Waals surface area contributed by atoms with Gasteiger partial charge in [-0.25, -0.2) is 4.39 Å². The summed E-state index contributed by atoms with van der Waals surface area (Å²) in [5, 5.41) is 0.443. The molecule has 0 aromatic heterocycles. The third kappa shape index (κ3) is 6.12. The Morgan fingerprint density at radius 2 is 1.58 bits per heavy atom. The van der Waals surface area contributed by atoms with Crippen LogP contribution in [0.5, 0.6) is 0 Å². The fraction of sp³-hybridized carbons (Fsp3) is 0.462. The molecule has 7 heteroatoms. The van der Waals surface area contributed by atoms with E-state index in [-0.39, 0.29) is 23.5 Å². The first-order chi connectivity index (χ1) is 16.0. The number of piperazine rings is 1. The van der Waals surface area contributed by atoms with Crippen LogP contribution >= 0.6 is 11.6 Å². The first kappa shape index (κ1) is 23.7. The van der Waals surface area contributed by atoms with Crippen molar-refractivity contribution in [2.75, 3.05) is 39.3 Å². The number of likely N-dealkylation sites (tertiary alicyclic amines) is 1. The van der Waals surface area contributed by atoms with Gasteiger partial charge in [0.1, 0.15) is 5.82 Å². The summed E-state index contributed by atoms with van der Waals surface area (Å²) in [6, 6.07) is 14.8. The van der Waals surface area contributed by atoms with Crippen LogP contribution in [0.2, 0.25) is 5.02 Å². The molecule has 176 valence electrons. The molecule has 4 rings (SSSR count). The van der Waals surface area contributed by atoms with E-state index in [4.69, 9.17) is 11.6 Å². The van der Waals surface area contributed by atoms with Gasteiger partial charge in [-0.2, -0.15) is 0 Å². The summed E-state index contributed by atoms with van der Waals surface area (Å²) in [5.74, 6) is 0.0574. The molecule has 2 fully saturated rings. The molecule has 33 heavy (non-hydrogen) atoms. The zero-order chi connectivity index (χ0) is 23.2. The zero-order valence-corrected chi connectivity index (χ0v) is 19.6. The van der Waals surface area contributed by atoms with E-state index in [1.165, 1.54) is 11.6 Å². The van der Waals surface area contributed by atoms with Crippen molar-refractivity contribution < 1.29 is 14.0 Å². The molecule has 5 nitrogen and oxygen atoms in total. The minimum absolute atomic E-state index is 0.0178. The average Bonchev–Trinajstić information content (AvgIpc) is 2.85. The van der Waals surface area contributed by atoms with E-state index in [1.54, 1.807) is 12.1 Å². The third-order valence-electron chi connectivity index (χ3n) is 6.79. The third-order valence-corrected chi connectivity index (χ3v) is 7.15. The highest BCUT2D eigenvalue weighted by atomic mass is 35.5. The van der Waals surface area contributed by atoms with Crippen LogP contribution in [0.4, 0.5) is 4.39 Å². The van der Waals surface area contributed by atoms with Crippen molar-refractivity contribution in [1.29, 1.82) is 0 Å². The highest BCUT2D eigenvalue weighted by Gasteiger charge is 2.31. The molecule has 0 N–H and O–H groups in total. The van der Waals surface area contributed by atoms with E-state index in [0.29, 0.717) is 62.8 Å². The van der Waals surface area contributed by atoms with E-state index < -0.39 is 0 Å². The Morgan fingerprint density at radius 3 is 2.24 bits per heavy atom. The molecular formula is C26H31ClFN3O2. The van der Waals surface area contributed by atoms with Crippen molar-refractivity contribution in [2.24, 2.45) is 5.92 Å². The van der Waals surface area contributed by atoms with E-state index in [2.05, 4.69) is 4.90 Å². The predicted molar refractivity (Wildman–Crippen MR) is 127 cm³/mol. The van der Waals surface area contributed by atoms with Crippen molar-refractivity contribution >= 4 is 23.4 Å². The summed E-state index contributed by atoms with van der Waals surface area (Å²) in [6.45, 7) is 4.44. The minimum atomic E-state index is -0.286. The van der Waals surface area contributed by atoms with E-state index in [0.717, 1.165) is 19.3 Å². The van der Waals surface area contributed by atoms with Crippen LogP contribution in [-0.2, 0) is 22.6 Å². The van der Waals surface area contributed by atoms with Crippen LogP contribution in [0.25, 0.3) is 0 Å². The van der Waals surface area contributed by atoms with E-state index >= 15 is 0 Å². The van der Waals surface area contributed by atoms with Crippen molar-refractivity contribution in [3.8, 4) is 0 Å². The quantitative estimate of drug-likeness (QED) is 0.639. The second-order valence-electron chi connectivity index (χ2n) is 8.94. The Hall–Kier alpha value is -2.44. The SMILES string of the molecule is O=C(CCc1ccccc1)N1CCC(C(=O)N2CCN(Cc3c(F)cccc3Cl)CC2)CC1. The molecule has 2 aromatic carbocycles. The number of amides is 2. The van der Waals surface area contributed by atoms with Crippen LogP contribution < -0.4 is 0 Å². The number of nitrogens with zero attached hydrogens (tertiary/aromatic N) is 3. The maximum absolute atomic E-state index is 14.1. The Kier molecular flexibility index (Phi) is 7.99. The molecule has 0 atom stereocenters. The minimum Gasteiger partial charge on any atom is -0.343 e. The zero-order valence-electron chi connectivity index (χ0n) is 18.9. The Morgan fingerprint density at radius 1 is 0.879 bits per heavy atom. The topological polar surface area (TPSA) is 43.9 Å². The number of aryl methyl sites for hydroxylation is 1. The number of hydrogen-bond acceptors (Lipinski definition) is 3. The van der Waals surface area contributed by atoms with Crippen molar-refractivity contribution in [3.05, 3.63) is 70.5 Å². The monoisotopic (exact) mass is 471 g/mol. The van der Waals surface area contributed by atoms with E-state index in [1.807, 2.05) is 40.1 Å². The van der Waals surface area contributed by atoms with Gasteiger partial charge in [-0.1, -0.05) is 48.0 Å². The molecule has 2 aliphatic rings. The summed E-state index contributed by atoms with van der Waals surface area (Å²) in [4.78, 5) is 31.6. The predicted octanol–water partition coefficient (Wildman–Crippen LogP) is 3.99. The van der Waals surface area contributed by atoms with Gasteiger partial charge in [-0.05, 0) is 37.0 Å². The largest absolute Gasteiger partial charge is 0.343 e. The lowest BCUT2D eigenvalue weighted by atomic mass is 9.94. The van der Waals surface area contributed by atoms with Crippen LogP contribution in [-0.4, -0.2) is 65.8 Å². The van der Waals surface area contributed by atoms with Crippen molar-refractivity contribution in [1.82, 2.24) is 14.7 Å². The molecule has 2 aliphatic heterocycles. The van der Waals surface area contributed by atoms with Gasteiger partial charge < -0.3 is 9.80 Å². The van der Waals surface area contributed by atoms with Gasteiger partial charge in [0.05, 0.1) is 0 Å². The van der Waals surface area contributed by atoms with E-state index in [9.17, 15) is 14.0 Å². The molecule has 2 aromatic rings. The van der Waals surface area contributed by atoms with Gasteiger partial charge in [0.25, 0.3) is 0 Å². The maximum Gasteiger partial charge on any atom is 0.225 e. The number of hydrogen-bond donors (Lipinski definition) is 0. The fourth-order valence-corrected chi connectivity index (χ4v) is 4.94. The summed E-state index contributed by atoms with van der Waals surface area (Å²) in [6.07, 6.45) is 2.71. The van der Waals surface area contributed by atoms with Gasteiger partial charge >= 0.3 is 0 Å². The molecule has 2 amide bonds. The second-order valence-corrected chi connectivity index (χ2v) is 9.35. The molecule has 0 bridgehead atoms. The maximum atomic E-state index is 14.1. The first-order valence-corrected chi connectivity index (χ1v) is 12.1. The molecule has 0 unspecified atom stereocenters. The molecule has 2 heterocycles. The van der Waals surface area contributed by atoms with Crippen LogP contribution in [0.3, 0.4) is 0 Å². The lowest BCUT2D eigenvalue weighted by Crippen LogP contribution is -2.51. The summed E-state index contributed by atoms with van der Waals surface area (Å²) in [5.41, 5.74) is 1.69. The second kappa shape index (κ2) is 11.1. The number of benzene rings is 2. The molecule has 0 saturated carbocycles. The smallest absolute Gasteiger partial charge is 0.225 e. The fourth-order valence-electron chi connectivity index (χ4n) is 4.72. The van der Waals surface area contributed by atoms with Gasteiger partial charge in [0.15, 0.2) is 0 Å². The van der Waals surface area contributed by atoms with Crippen LogP contribution in [0.15, 0.2) is 48.5 Å². The van der Waals surface area contributed by atoms with Gasteiger partial charge in [-0.15, -0.1) is 0 Å². The lowest BCUT2D eigenvalue weighted by Gasteiger charge is -2.38. The highest BCUT2D eigenvalue weighted by Crippen LogP contribution is 2.24. The molecule has 0 spiro atoms.